The zero-order valence-electron chi connectivity index (χ0n) is 19.4. The maximum atomic E-state index is 12.7. The van der Waals surface area contributed by atoms with Crippen molar-refractivity contribution in [1.82, 2.24) is 20.4 Å². The smallest absolute Gasteiger partial charge is 0.325 e. The fourth-order valence-electron chi connectivity index (χ4n) is 3.92. The van der Waals surface area contributed by atoms with E-state index in [9.17, 15) is 14.7 Å². The Morgan fingerprint density at radius 1 is 1.09 bits per heavy atom. The number of fused-ring (bicyclic) bond motifs is 1. The van der Waals surface area contributed by atoms with Crippen molar-refractivity contribution >= 4 is 17.9 Å². The van der Waals surface area contributed by atoms with Crippen molar-refractivity contribution in [1.29, 1.82) is 0 Å². The number of ether oxygens (including phenoxy) is 2. The van der Waals surface area contributed by atoms with E-state index in [1.807, 2.05) is 31.2 Å². The second kappa shape index (κ2) is 10.0. The van der Waals surface area contributed by atoms with Crippen LogP contribution in [0.15, 0.2) is 53.5 Å². The predicted octanol–water partition coefficient (Wildman–Crippen LogP) is 1.08. The van der Waals surface area contributed by atoms with Gasteiger partial charge in [-0.15, -0.1) is 0 Å². The number of aryl methyl sites for hydroxylation is 1. The maximum absolute atomic E-state index is 12.7. The number of aliphatic hydroxyl groups excluding tert-OH is 1. The summed E-state index contributed by atoms with van der Waals surface area (Å²) in [7, 11) is 3.19. The van der Waals surface area contributed by atoms with Crippen LogP contribution in [0, 0.1) is 6.92 Å². The summed E-state index contributed by atoms with van der Waals surface area (Å²) in [5, 5.41) is 16.3. The molecular weight excluding hydrogens is 438 g/mol. The van der Waals surface area contributed by atoms with Crippen LogP contribution in [0.5, 0.6) is 11.5 Å². The molecular formula is C24H29N5O5. The third-order valence-electron chi connectivity index (χ3n) is 5.86. The third-order valence-corrected chi connectivity index (χ3v) is 5.86. The number of amides is 3. The van der Waals surface area contributed by atoms with E-state index in [1.54, 1.807) is 43.3 Å². The van der Waals surface area contributed by atoms with Gasteiger partial charge in [0.15, 0.2) is 12.0 Å². The van der Waals surface area contributed by atoms with E-state index in [1.165, 1.54) is 4.90 Å². The molecule has 2 aromatic carbocycles. The number of β-amino-alcohol motifs (C(OH)–C–C–N with tert-alkyl or cyclic N) is 1. The van der Waals surface area contributed by atoms with E-state index in [-0.39, 0.29) is 13.2 Å². The predicted molar refractivity (Wildman–Crippen MR) is 126 cm³/mol. The molecule has 10 nitrogen and oxygen atoms in total. The number of likely N-dealkylation sites (N-methyl/N-ethyl adjacent to an activating group) is 1. The van der Waals surface area contributed by atoms with Crippen LogP contribution < -0.4 is 20.1 Å². The molecule has 3 atom stereocenters. The third kappa shape index (κ3) is 5.07. The monoisotopic (exact) mass is 467 g/mol. The molecule has 3 N–H and O–H groups in total. The normalized spacial score (nSPS) is 21.7. The summed E-state index contributed by atoms with van der Waals surface area (Å²) in [5.41, 5.74) is 2.16. The minimum Gasteiger partial charge on any atom is -0.497 e. The Kier molecular flexibility index (Phi) is 6.87. The van der Waals surface area contributed by atoms with Crippen molar-refractivity contribution in [3.8, 4) is 11.5 Å². The second-order valence-electron chi connectivity index (χ2n) is 8.36. The van der Waals surface area contributed by atoms with Gasteiger partial charge in [-0.2, -0.15) is 0 Å². The van der Waals surface area contributed by atoms with Crippen LogP contribution >= 0.6 is 0 Å². The Morgan fingerprint density at radius 3 is 2.44 bits per heavy atom. The summed E-state index contributed by atoms with van der Waals surface area (Å²) >= 11 is 0. The Labute approximate surface area is 198 Å². The fraction of sp³-hybridized carbons (Fsp3) is 0.375. The lowest BCUT2D eigenvalue weighted by Gasteiger charge is -2.35. The molecule has 4 rings (SSSR count). The lowest BCUT2D eigenvalue weighted by molar-refractivity contribution is -0.127. The molecule has 10 heteroatoms. The highest BCUT2D eigenvalue weighted by atomic mass is 16.5. The van der Waals surface area contributed by atoms with Crippen molar-refractivity contribution < 1.29 is 24.2 Å². The van der Waals surface area contributed by atoms with Crippen molar-refractivity contribution in [3.05, 3.63) is 59.7 Å². The number of carbonyl (C=O) groups is 2. The first-order chi connectivity index (χ1) is 16.4. The van der Waals surface area contributed by atoms with Crippen LogP contribution in [-0.2, 0) is 11.3 Å². The molecule has 34 heavy (non-hydrogen) atoms. The van der Waals surface area contributed by atoms with E-state index in [0.29, 0.717) is 24.0 Å². The number of benzene rings is 2. The minimum atomic E-state index is -0.914. The first kappa shape index (κ1) is 23.4. The first-order valence-electron chi connectivity index (χ1n) is 11.0. The van der Waals surface area contributed by atoms with Gasteiger partial charge in [0.05, 0.1) is 20.2 Å². The number of imide groups is 1. The van der Waals surface area contributed by atoms with Gasteiger partial charge in [0.25, 0.3) is 5.91 Å². The molecule has 0 aliphatic carbocycles. The van der Waals surface area contributed by atoms with Crippen LogP contribution in [0.2, 0.25) is 0 Å². The summed E-state index contributed by atoms with van der Waals surface area (Å²) in [6, 6.07) is 13.8. The molecule has 2 aliphatic heterocycles. The van der Waals surface area contributed by atoms with Gasteiger partial charge < -0.3 is 29.7 Å². The number of methoxy groups -OCH3 is 1. The molecule has 0 aromatic heterocycles. The Morgan fingerprint density at radius 2 is 1.76 bits per heavy atom. The number of urea groups is 1. The number of rotatable bonds is 8. The van der Waals surface area contributed by atoms with Gasteiger partial charge >= 0.3 is 6.03 Å². The average Bonchev–Trinajstić information content (AvgIpc) is 3.20. The second-order valence-corrected chi connectivity index (χ2v) is 8.36. The zero-order chi connectivity index (χ0) is 24.2. The number of aliphatic hydroxyl groups is 1. The van der Waals surface area contributed by atoms with Crippen LogP contribution in [0.25, 0.3) is 0 Å². The van der Waals surface area contributed by atoms with Crippen LogP contribution in [0.4, 0.5) is 4.79 Å². The molecule has 2 saturated heterocycles. The van der Waals surface area contributed by atoms with E-state index < -0.39 is 30.2 Å². The van der Waals surface area contributed by atoms with E-state index in [2.05, 4.69) is 15.6 Å². The number of carbonyl (C=O) groups excluding carboxylic acids is 2. The van der Waals surface area contributed by atoms with Crippen molar-refractivity contribution in [2.75, 3.05) is 27.3 Å². The molecule has 0 saturated carbocycles. The summed E-state index contributed by atoms with van der Waals surface area (Å²) in [5.74, 6) is 1.30. The first-order valence-corrected chi connectivity index (χ1v) is 11.0. The Bertz CT molecular complexity index is 1060. The number of nitrogens with one attached hydrogen (secondary N) is 2. The highest BCUT2D eigenvalue weighted by Gasteiger charge is 2.50. The van der Waals surface area contributed by atoms with Gasteiger partial charge in [-0.1, -0.05) is 29.8 Å². The number of nitrogens with zero attached hydrogens (tertiary/aromatic N) is 3. The van der Waals surface area contributed by atoms with Gasteiger partial charge in [0.1, 0.15) is 30.4 Å². The van der Waals surface area contributed by atoms with Gasteiger partial charge in [-0.25, -0.2) is 9.79 Å². The molecule has 3 amide bonds. The Hall–Kier alpha value is -3.79. The molecule has 2 aliphatic rings. The van der Waals surface area contributed by atoms with E-state index in [0.717, 1.165) is 11.1 Å². The van der Waals surface area contributed by atoms with Crippen LogP contribution in [0.1, 0.15) is 11.1 Å². The van der Waals surface area contributed by atoms with Crippen molar-refractivity contribution in [3.63, 3.8) is 0 Å². The number of aliphatic imine (C=N–C) groups is 1. The summed E-state index contributed by atoms with van der Waals surface area (Å²) in [6.07, 6.45) is -1.50. The highest BCUT2D eigenvalue weighted by Crippen LogP contribution is 2.22. The van der Waals surface area contributed by atoms with Crippen LogP contribution in [0.3, 0.4) is 0 Å². The SMILES string of the molecule is COc1ccc(OCC(O)CN2C(=NCc3ccc(C)cc3)NC3C2C(=O)NC(=O)N3C)cc1. The van der Waals surface area contributed by atoms with Gasteiger partial charge in [-0.3, -0.25) is 10.1 Å². The van der Waals surface area contributed by atoms with Crippen molar-refractivity contribution in [2.24, 2.45) is 4.99 Å². The summed E-state index contributed by atoms with van der Waals surface area (Å²) < 4.78 is 10.8. The molecule has 0 spiro atoms. The fourth-order valence-corrected chi connectivity index (χ4v) is 3.92. The minimum absolute atomic E-state index is 0.0157. The standard InChI is InChI=1S/C24H29N5O5/c1-15-4-6-16(7-5-15)12-25-23-26-21-20(22(31)27-24(32)28(21)2)29(23)13-17(30)14-34-19-10-8-18(33-3)9-11-19/h4-11,17,20-21,30H,12-14H2,1-3H3,(H,25,26)(H,27,31,32). The topological polar surface area (TPSA) is 116 Å². The number of hydrogen-bond donors (Lipinski definition) is 3. The summed E-state index contributed by atoms with van der Waals surface area (Å²) in [6.45, 7) is 2.51. The zero-order valence-corrected chi connectivity index (χ0v) is 19.4. The van der Waals surface area contributed by atoms with E-state index >= 15 is 0 Å². The highest BCUT2D eigenvalue weighted by molar-refractivity contribution is 6.04. The van der Waals surface area contributed by atoms with Gasteiger partial charge in [0, 0.05) is 7.05 Å². The maximum Gasteiger partial charge on any atom is 0.325 e. The molecule has 2 fully saturated rings. The average molecular weight is 468 g/mol. The lowest BCUT2D eigenvalue weighted by atomic mass is 10.1. The molecule has 2 heterocycles. The molecule has 180 valence electrons. The van der Waals surface area contributed by atoms with Crippen LogP contribution in [-0.4, -0.2) is 78.4 Å². The lowest BCUT2D eigenvalue weighted by Crippen LogP contribution is -2.65. The molecule has 3 unspecified atom stereocenters. The number of hydrogen-bond acceptors (Lipinski definition) is 6. The molecule has 0 bridgehead atoms. The van der Waals surface area contributed by atoms with Crippen molar-refractivity contribution in [2.45, 2.75) is 31.8 Å². The molecule has 0 radical (unpaired) electrons. The number of guanidine groups is 1. The quantitative estimate of drug-likeness (QED) is 0.532. The Balaban J connectivity index is 1.48. The summed E-state index contributed by atoms with van der Waals surface area (Å²) in [4.78, 5) is 32.6. The largest absolute Gasteiger partial charge is 0.497 e. The van der Waals surface area contributed by atoms with Gasteiger partial charge in [0.2, 0.25) is 0 Å². The van der Waals surface area contributed by atoms with Gasteiger partial charge in [-0.05, 0) is 36.8 Å². The van der Waals surface area contributed by atoms with E-state index in [4.69, 9.17) is 9.47 Å². The molecule has 2 aromatic rings.